The van der Waals surface area contributed by atoms with Gasteiger partial charge in [-0.05, 0) is 24.3 Å². The summed E-state index contributed by atoms with van der Waals surface area (Å²) in [7, 11) is 0. The molecule has 0 saturated heterocycles. The van der Waals surface area contributed by atoms with Crippen LogP contribution in [-0.2, 0) is 11.4 Å². The Kier molecular flexibility index (Phi) is 5.53. The van der Waals surface area contributed by atoms with Gasteiger partial charge in [0.15, 0.2) is 0 Å². The maximum Gasteiger partial charge on any atom is 0.143 e. The molecule has 0 atom stereocenters. The molecule has 7 heteroatoms. The second kappa shape index (κ2) is 8.23. The Morgan fingerprint density at radius 3 is 2.54 bits per heavy atom. The summed E-state index contributed by atoms with van der Waals surface area (Å²) in [6, 6.07) is 18.8. The summed E-state index contributed by atoms with van der Waals surface area (Å²) >= 11 is 18.2. The van der Waals surface area contributed by atoms with Crippen molar-refractivity contribution in [1.29, 1.82) is 0 Å². The van der Waals surface area contributed by atoms with Gasteiger partial charge in [0, 0.05) is 27.4 Å². The van der Waals surface area contributed by atoms with Crippen LogP contribution in [0.1, 0.15) is 11.3 Å². The van der Waals surface area contributed by atoms with Crippen LogP contribution in [0.5, 0.6) is 0 Å². The number of benzene rings is 2. The van der Waals surface area contributed by atoms with E-state index in [0.717, 1.165) is 28.2 Å². The van der Waals surface area contributed by atoms with E-state index in [2.05, 4.69) is 5.16 Å². The molecule has 0 bridgehead atoms. The maximum absolute atomic E-state index is 6.17. The number of oxime groups is 1. The molecule has 4 nitrogen and oxygen atoms in total. The minimum Gasteiger partial charge on any atom is -0.391 e. The molecule has 0 amide bonds. The third-order valence-corrected chi connectivity index (χ3v) is 4.96. The van der Waals surface area contributed by atoms with Crippen LogP contribution in [0.15, 0.2) is 72.0 Å². The monoisotopic (exact) mass is 429 g/mol. The fraction of sp³-hybridized carbons (Fsp3) is 0.0476. The molecule has 0 N–H and O–H groups in total. The highest BCUT2D eigenvalue weighted by Gasteiger charge is 2.13. The van der Waals surface area contributed by atoms with Crippen LogP contribution in [-0.4, -0.2) is 15.6 Å². The number of hydrogen-bond donors (Lipinski definition) is 0. The molecule has 2 aromatic carbocycles. The molecule has 0 saturated carbocycles. The summed E-state index contributed by atoms with van der Waals surface area (Å²) in [6.07, 6.45) is 3.43. The molecule has 2 aromatic heterocycles. The van der Waals surface area contributed by atoms with Crippen molar-refractivity contribution in [3.63, 3.8) is 0 Å². The number of pyridine rings is 1. The average Bonchev–Trinajstić information content (AvgIpc) is 3.05. The van der Waals surface area contributed by atoms with Gasteiger partial charge in [0.25, 0.3) is 0 Å². The normalized spacial score (nSPS) is 11.4. The zero-order chi connectivity index (χ0) is 19.5. The van der Waals surface area contributed by atoms with Crippen molar-refractivity contribution in [2.24, 2.45) is 5.16 Å². The average molecular weight is 431 g/mol. The summed E-state index contributed by atoms with van der Waals surface area (Å²) in [6.45, 7) is 0.227. The highest BCUT2D eigenvalue weighted by molar-refractivity contribution is 6.35. The Hall–Kier alpha value is -2.53. The van der Waals surface area contributed by atoms with Gasteiger partial charge in [-0.3, -0.25) is 4.40 Å². The van der Waals surface area contributed by atoms with Crippen LogP contribution in [0.25, 0.3) is 16.9 Å². The third-order valence-electron chi connectivity index (χ3n) is 4.15. The van der Waals surface area contributed by atoms with Crippen molar-refractivity contribution >= 4 is 46.7 Å². The highest BCUT2D eigenvalue weighted by Crippen LogP contribution is 2.25. The number of hydrogen-bond acceptors (Lipinski definition) is 3. The fourth-order valence-corrected chi connectivity index (χ4v) is 3.43. The van der Waals surface area contributed by atoms with Crippen LogP contribution in [0.3, 0.4) is 0 Å². The topological polar surface area (TPSA) is 38.9 Å². The van der Waals surface area contributed by atoms with E-state index < -0.39 is 0 Å². The van der Waals surface area contributed by atoms with Crippen molar-refractivity contribution in [3.8, 4) is 11.3 Å². The van der Waals surface area contributed by atoms with E-state index in [4.69, 9.17) is 44.6 Å². The lowest BCUT2D eigenvalue weighted by atomic mass is 10.1. The number of aromatic nitrogens is 2. The fourth-order valence-electron chi connectivity index (χ4n) is 2.80. The Labute approximate surface area is 176 Å². The first kappa shape index (κ1) is 18.8. The Bertz CT molecular complexity index is 1160. The number of fused-ring (bicyclic) bond motifs is 1. The summed E-state index contributed by atoms with van der Waals surface area (Å²) in [5.74, 6) is 0. The SMILES string of the molecule is Clc1ccc(CON=Cc2c(-c3ccccc3)nc3ccc(Cl)cn23)c(Cl)c1. The molecule has 0 aliphatic rings. The summed E-state index contributed by atoms with van der Waals surface area (Å²) < 4.78 is 1.88. The van der Waals surface area contributed by atoms with Gasteiger partial charge < -0.3 is 4.84 Å². The number of nitrogens with zero attached hydrogens (tertiary/aromatic N) is 3. The van der Waals surface area contributed by atoms with E-state index in [9.17, 15) is 0 Å². The van der Waals surface area contributed by atoms with Crippen LogP contribution in [0.4, 0.5) is 0 Å². The molecule has 4 aromatic rings. The predicted octanol–water partition coefficient (Wildman–Crippen LogP) is 6.51. The van der Waals surface area contributed by atoms with E-state index >= 15 is 0 Å². The Morgan fingerprint density at radius 2 is 1.75 bits per heavy atom. The standard InChI is InChI=1S/C21H14Cl3N3O/c22-16-7-6-15(18(24)10-16)13-28-25-11-19-21(14-4-2-1-3-5-14)26-20-9-8-17(23)12-27(19)20/h1-12H,13H2. The van der Waals surface area contributed by atoms with Gasteiger partial charge in [-0.25, -0.2) is 4.98 Å². The van der Waals surface area contributed by atoms with Gasteiger partial charge in [0.1, 0.15) is 12.3 Å². The van der Waals surface area contributed by atoms with Crippen LogP contribution >= 0.6 is 34.8 Å². The molecule has 28 heavy (non-hydrogen) atoms. The van der Waals surface area contributed by atoms with E-state index in [1.165, 1.54) is 0 Å². The second-order valence-corrected chi connectivity index (χ2v) is 7.31. The summed E-state index contributed by atoms with van der Waals surface area (Å²) in [5.41, 5.74) is 4.10. The minimum absolute atomic E-state index is 0.227. The van der Waals surface area contributed by atoms with Crippen LogP contribution < -0.4 is 0 Å². The lowest BCUT2D eigenvalue weighted by Crippen LogP contribution is -1.95. The van der Waals surface area contributed by atoms with Crippen molar-refractivity contribution in [2.45, 2.75) is 6.61 Å². The lowest BCUT2D eigenvalue weighted by molar-refractivity contribution is 0.132. The first-order valence-electron chi connectivity index (χ1n) is 8.44. The Balaban J connectivity index is 1.65. The van der Waals surface area contributed by atoms with Gasteiger partial charge in [0.05, 0.1) is 22.6 Å². The highest BCUT2D eigenvalue weighted by atomic mass is 35.5. The zero-order valence-electron chi connectivity index (χ0n) is 14.5. The smallest absolute Gasteiger partial charge is 0.143 e. The van der Waals surface area contributed by atoms with E-state index in [0.29, 0.717) is 15.1 Å². The van der Waals surface area contributed by atoms with Gasteiger partial charge in [-0.1, -0.05) is 76.4 Å². The molecule has 0 spiro atoms. The number of halogens is 3. The molecular weight excluding hydrogens is 417 g/mol. The van der Waals surface area contributed by atoms with Gasteiger partial charge in [-0.2, -0.15) is 0 Å². The lowest BCUT2D eigenvalue weighted by Gasteiger charge is -2.04. The molecule has 0 aliphatic heterocycles. The van der Waals surface area contributed by atoms with Crippen LogP contribution in [0, 0.1) is 0 Å². The van der Waals surface area contributed by atoms with E-state index in [1.54, 1.807) is 30.6 Å². The first-order chi connectivity index (χ1) is 13.6. The summed E-state index contributed by atoms with van der Waals surface area (Å²) in [5, 5.41) is 5.84. The van der Waals surface area contributed by atoms with Gasteiger partial charge in [0.2, 0.25) is 0 Å². The molecule has 4 rings (SSSR count). The van der Waals surface area contributed by atoms with Crippen LogP contribution in [0.2, 0.25) is 15.1 Å². The molecule has 140 valence electrons. The van der Waals surface area contributed by atoms with Gasteiger partial charge in [-0.15, -0.1) is 0 Å². The zero-order valence-corrected chi connectivity index (χ0v) is 16.8. The van der Waals surface area contributed by atoms with Crippen molar-refractivity contribution in [1.82, 2.24) is 9.38 Å². The maximum atomic E-state index is 6.17. The molecule has 2 heterocycles. The molecule has 0 aliphatic carbocycles. The van der Waals surface area contributed by atoms with Gasteiger partial charge >= 0.3 is 0 Å². The molecule has 0 fully saturated rings. The molecule has 0 radical (unpaired) electrons. The Morgan fingerprint density at radius 1 is 0.964 bits per heavy atom. The van der Waals surface area contributed by atoms with Crippen molar-refractivity contribution in [2.75, 3.05) is 0 Å². The predicted molar refractivity (Wildman–Crippen MR) is 114 cm³/mol. The first-order valence-corrected chi connectivity index (χ1v) is 9.57. The molecule has 0 unspecified atom stereocenters. The van der Waals surface area contributed by atoms with Crippen molar-refractivity contribution < 1.29 is 4.84 Å². The quantitative estimate of drug-likeness (QED) is 0.267. The largest absolute Gasteiger partial charge is 0.391 e. The second-order valence-electron chi connectivity index (χ2n) is 6.03. The van der Waals surface area contributed by atoms with E-state index in [-0.39, 0.29) is 6.61 Å². The number of rotatable bonds is 5. The summed E-state index contributed by atoms with van der Waals surface area (Å²) in [4.78, 5) is 10.2. The third kappa shape index (κ3) is 3.99. The minimum atomic E-state index is 0.227. The van der Waals surface area contributed by atoms with Crippen molar-refractivity contribution in [3.05, 3.63) is 93.2 Å². The number of imidazole rings is 1. The van der Waals surface area contributed by atoms with E-state index in [1.807, 2.05) is 46.9 Å². The molecular formula is C21H14Cl3N3O.